The molecule has 0 spiro atoms. The molecular weight excluding hydrogens is 182 g/mol. The van der Waals surface area contributed by atoms with E-state index in [1.165, 1.54) is 0 Å². The summed E-state index contributed by atoms with van der Waals surface area (Å²) in [7, 11) is 0. The summed E-state index contributed by atoms with van der Waals surface area (Å²) >= 11 is 0. The second-order valence-electron chi connectivity index (χ2n) is 3.58. The van der Waals surface area contributed by atoms with Gasteiger partial charge < -0.3 is 15.8 Å². The molecule has 3 N–H and O–H groups in total. The Morgan fingerprint density at radius 3 is 3.00 bits per heavy atom. The van der Waals surface area contributed by atoms with E-state index in [-0.39, 0.29) is 23.8 Å². The number of carbonyl (C=O) groups excluding carboxylic acids is 1. The third-order valence-electron chi connectivity index (χ3n) is 2.26. The van der Waals surface area contributed by atoms with Crippen LogP contribution in [0.3, 0.4) is 0 Å². The molecule has 5 heteroatoms. The average Bonchev–Trinajstić information content (AvgIpc) is 2.60. The van der Waals surface area contributed by atoms with E-state index >= 15 is 0 Å². The van der Waals surface area contributed by atoms with Crippen molar-refractivity contribution in [3.05, 3.63) is 0 Å². The van der Waals surface area contributed by atoms with Crippen LogP contribution in [-0.2, 0) is 9.53 Å². The number of nitriles is 1. The lowest BCUT2D eigenvalue weighted by atomic mass is 10.0. The summed E-state index contributed by atoms with van der Waals surface area (Å²) < 4.78 is 5.07. The minimum atomic E-state index is -0.263. The van der Waals surface area contributed by atoms with Crippen LogP contribution in [0.15, 0.2) is 0 Å². The van der Waals surface area contributed by atoms with Gasteiger partial charge in [-0.1, -0.05) is 0 Å². The topological polar surface area (TPSA) is 88.1 Å². The van der Waals surface area contributed by atoms with Crippen LogP contribution in [0.1, 0.15) is 6.92 Å². The van der Waals surface area contributed by atoms with Crippen LogP contribution in [0.25, 0.3) is 0 Å². The summed E-state index contributed by atoms with van der Waals surface area (Å²) in [4.78, 5) is 11.5. The maximum Gasteiger partial charge on any atom is 0.227 e. The molecule has 1 heterocycles. The quantitative estimate of drug-likeness (QED) is 0.622. The molecule has 3 atom stereocenters. The molecule has 0 radical (unpaired) electrons. The maximum atomic E-state index is 11.5. The Balaban J connectivity index is 2.32. The van der Waals surface area contributed by atoms with Gasteiger partial charge in [0.15, 0.2) is 0 Å². The summed E-state index contributed by atoms with van der Waals surface area (Å²) in [6, 6.07) is 1.83. The molecule has 0 aliphatic carbocycles. The number of rotatable bonds is 3. The van der Waals surface area contributed by atoms with E-state index in [0.717, 1.165) is 0 Å². The molecular formula is C9H15N3O2. The second kappa shape index (κ2) is 4.94. The molecule has 0 aromatic rings. The monoisotopic (exact) mass is 197 g/mol. The Bertz CT molecular complexity index is 249. The van der Waals surface area contributed by atoms with Crippen LogP contribution < -0.4 is 11.1 Å². The largest absolute Gasteiger partial charge is 0.379 e. The molecule has 1 fully saturated rings. The molecule has 0 bridgehead atoms. The highest BCUT2D eigenvalue weighted by Gasteiger charge is 2.31. The van der Waals surface area contributed by atoms with Crippen molar-refractivity contribution in [2.45, 2.75) is 13.0 Å². The molecule has 1 aliphatic heterocycles. The fraction of sp³-hybridized carbons (Fsp3) is 0.778. The van der Waals surface area contributed by atoms with Crippen molar-refractivity contribution in [3.8, 4) is 6.07 Å². The molecule has 14 heavy (non-hydrogen) atoms. The number of ether oxygens (including phenoxy) is 1. The fourth-order valence-corrected chi connectivity index (χ4v) is 1.27. The lowest BCUT2D eigenvalue weighted by Crippen LogP contribution is -2.42. The number of hydrogen-bond donors (Lipinski definition) is 2. The molecule has 0 aromatic carbocycles. The third-order valence-corrected chi connectivity index (χ3v) is 2.26. The lowest BCUT2D eigenvalue weighted by Gasteiger charge is -2.13. The summed E-state index contributed by atoms with van der Waals surface area (Å²) in [6.07, 6.45) is 0. The first-order valence-electron chi connectivity index (χ1n) is 4.65. The number of nitrogens with two attached hydrogens (primary N) is 1. The molecule has 1 rings (SSSR count). The Labute approximate surface area is 83.2 Å². The van der Waals surface area contributed by atoms with Crippen molar-refractivity contribution in [3.63, 3.8) is 0 Å². The summed E-state index contributed by atoms with van der Waals surface area (Å²) in [5.74, 6) is -0.546. The van der Waals surface area contributed by atoms with Gasteiger partial charge in [-0.25, -0.2) is 0 Å². The van der Waals surface area contributed by atoms with Crippen LogP contribution in [-0.4, -0.2) is 31.7 Å². The Morgan fingerprint density at radius 2 is 2.50 bits per heavy atom. The van der Waals surface area contributed by atoms with Gasteiger partial charge >= 0.3 is 0 Å². The zero-order valence-electron chi connectivity index (χ0n) is 8.19. The van der Waals surface area contributed by atoms with Crippen LogP contribution in [0.5, 0.6) is 0 Å². The number of carbonyl (C=O) groups is 1. The minimum absolute atomic E-state index is 0.114. The summed E-state index contributed by atoms with van der Waals surface area (Å²) in [5, 5.41) is 11.2. The molecule has 1 aliphatic rings. The van der Waals surface area contributed by atoms with Crippen LogP contribution >= 0.6 is 0 Å². The molecule has 3 unspecified atom stereocenters. The Morgan fingerprint density at radius 1 is 1.79 bits per heavy atom. The highest BCUT2D eigenvalue weighted by atomic mass is 16.5. The van der Waals surface area contributed by atoms with Gasteiger partial charge in [-0.3, -0.25) is 4.79 Å². The van der Waals surface area contributed by atoms with E-state index in [1.54, 1.807) is 6.92 Å². The number of nitrogens with zero attached hydrogens (tertiary/aromatic N) is 1. The number of hydrogen-bond acceptors (Lipinski definition) is 4. The number of nitrogens with one attached hydrogen (secondary N) is 1. The Kier molecular flexibility index (Phi) is 3.86. The maximum absolute atomic E-state index is 11.5. The van der Waals surface area contributed by atoms with Gasteiger partial charge in [0.05, 0.1) is 31.1 Å². The lowest BCUT2D eigenvalue weighted by molar-refractivity contribution is -0.125. The Hall–Kier alpha value is -1.12. The van der Waals surface area contributed by atoms with E-state index < -0.39 is 0 Å². The predicted octanol–water partition coefficient (Wildman–Crippen LogP) is -0.764. The van der Waals surface area contributed by atoms with Gasteiger partial charge in [0, 0.05) is 12.6 Å². The number of amides is 1. The molecule has 1 saturated heterocycles. The van der Waals surface area contributed by atoms with E-state index in [4.69, 9.17) is 15.7 Å². The van der Waals surface area contributed by atoms with Crippen molar-refractivity contribution in [2.24, 2.45) is 17.6 Å². The molecule has 1 amide bonds. The SMILES string of the molecule is CC(C#N)CNC(=O)C1COCC1N. The van der Waals surface area contributed by atoms with Crippen molar-refractivity contribution >= 4 is 5.91 Å². The molecule has 0 saturated carbocycles. The zero-order valence-corrected chi connectivity index (χ0v) is 8.19. The van der Waals surface area contributed by atoms with E-state index in [9.17, 15) is 4.79 Å². The first-order valence-corrected chi connectivity index (χ1v) is 4.65. The standard InChI is InChI=1S/C9H15N3O2/c1-6(2-10)3-12-9(13)7-4-14-5-8(7)11/h6-8H,3-5,11H2,1H3,(H,12,13). The zero-order chi connectivity index (χ0) is 10.6. The van der Waals surface area contributed by atoms with Crippen LogP contribution in [0, 0.1) is 23.2 Å². The van der Waals surface area contributed by atoms with Gasteiger partial charge in [-0.15, -0.1) is 0 Å². The van der Waals surface area contributed by atoms with E-state index in [0.29, 0.717) is 19.8 Å². The molecule has 5 nitrogen and oxygen atoms in total. The van der Waals surface area contributed by atoms with Crippen molar-refractivity contribution in [1.29, 1.82) is 5.26 Å². The highest BCUT2D eigenvalue weighted by molar-refractivity contribution is 5.79. The fourth-order valence-electron chi connectivity index (χ4n) is 1.27. The average molecular weight is 197 g/mol. The minimum Gasteiger partial charge on any atom is -0.379 e. The molecule has 0 aromatic heterocycles. The predicted molar refractivity (Wildman–Crippen MR) is 50.1 cm³/mol. The van der Waals surface area contributed by atoms with Gasteiger partial charge in [-0.05, 0) is 6.92 Å². The summed E-state index contributed by atoms with van der Waals surface area (Å²) in [5.41, 5.74) is 5.67. The summed E-state index contributed by atoms with van der Waals surface area (Å²) in [6.45, 7) is 2.95. The second-order valence-corrected chi connectivity index (χ2v) is 3.58. The van der Waals surface area contributed by atoms with Crippen molar-refractivity contribution in [2.75, 3.05) is 19.8 Å². The van der Waals surface area contributed by atoms with E-state index in [2.05, 4.69) is 5.32 Å². The van der Waals surface area contributed by atoms with E-state index in [1.807, 2.05) is 6.07 Å². The molecule has 78 valence electrons. The third kappa shape index (κ3) is 2.69. The van der Waals surface area contributed by atoms with Crippen molar-refractivity contribution in [1.82, 2.24) is 5.32 Å². The first-order chi connectivity index (χ1) is 6.65. The first kappa shape index (κ1) is 11.0. The van der Waals surface area contributed by atoms with Crippen molar-refractivity contribution < 1.29 is 9.53 Å². The van der Waals surface area contributed by atoms with Gasteiger partial charge in [-0.2, -0.15) is 5.26 Å². The van der Waals surface area contributed by atoms with Gasteiger partial charge in [0.2, 0.25) is 5.91 Å². The smallest absolute Gasteiger partial charge is 0.227 e. The van der Waals surface area contributed by atoms with Crippen LogP contribution in [0.4, 0.5) is 0 Å². The highest BCUT2D eigenvalue weighted by Crippen LogP contribution is 2.11. The normalized spacial score (nSPS) is 28.1. The van der Waals surface area contributed by atoms with Gasteiger partial charge in [0.1, 0.15) is 0 Å². The van der Waals surface area contributed by atoms with Crippen LogP contribution in [0.2, 0.25) is 0 Å². The van der Waals surface area contributed by atoms with Gasteiger partial charge in [0.25, 0.3) is 0 Å².